The van der Waals surface area contributed by atoms with Crippen LogP contribution in [0.15, 0.2) is 18.2 Å². The molecule has 132 valence electrons. The van der Waals surface area contributed by atoms with Crippen LogP contribution < -0.4 is 5.32 Å². The number of halogens is 1. The Kier molecular flexibility index (Phi) is 8.78. The van der Waals surface area contributed by atoms with Crippen molar-refractivity contribution in [1.82, 2.24) is 0 Å². The van der Waals surface area contributed by atoms with Gasteiger partial charge in [0, 0.05) is 24.6 Å². The van der Waals surface area contributed by atoms with Crippen LogP contribution in [-0.2, 0) is 9.59 Å². The Morgan fingerprint density at radius 1 is 1.08 bits per heavy atom. The second-order valence-electron chi connectivity index (χ2n) is 5.49. The largest absolute Gasteiger partial charge is 0.481 e. The number of rotatable bonds is 11. The summed E-state index contributed by atoms with van der Waals surface area (Å²) in [6.07, 6.45) is 5.64. The Labute approximate surface area is 145 Å². The maximum absolute atomic E-state index is 11.8. The number of hydrogen-bond donors (Lipinski definition) is 2. The van der Waals surface area contributed by atoms with Crippen molar-refractivity contribution in [3.8, 4) is 0 Å². The minimum Gasteiger partial charge on any atom is -0.481 e. The number of unbranched alkanes of at least 4 members (excludes halogenated alkanes) is 5. The van der Waals surface area contributed by atoms with E-state index < -0.39 is 10.9 Å². The Morgan fingerprint density at radius 3 is 2.25 bits per heavy atom. The van der Waals surface area contributed by atoms with Gasteiger partial charge < -0.3 is 10.4 Å². The summed E-state index contributed by atoms with van der Waals surface area (Å²) in [7, 11) is 0. The number of benzene rings is 1. The summed E-state index contributed by atoms with van der Waals surface area (Å²) in [5.41, 5.74) is 0.112. The van der Waals surface area contributed by atoms with Crippen molar-refractivity contribution in [3.63, 3.8) is 0 Å². The Balaban J connectivity index is 2.22. The standard InChI is InChI=1S/C16H21ClN2O5/c17-13-10-9-12(11-14(13)19(23)24)18-15(20)7-5-3-1-2-4-6-8-16(21)22/h9-11H,1-8H2,(H,18,20)(H,21,22). The van der Waals surface area contributed by atoms with E-state index >= 15 is 0 Å². The van der Waals surface area contributed by atoms with Crippen LogP contribution in [0.25, 0.3) is 0 Å². The molecule has 0 fully saturated rings. The lowest BCUT2D eigenvalue weighted by Gasteiger charge is -2.06. The van der Waals surface area contributed by atoms with Gasteiger partial charge in [0.2, 0.25) is 5.91 Å². The zero-order valence-electron chi connectivity index (χ0n) is 13.3. The first-order valence-electron chi connectivity index (χ1n) is 7.85. The van der Waals surface area contributed by atoms with E-state index in [1.165, 1.54) is 18.2 Å². The molecule has 0 unspecified atom stereocenters. The summed E-state index contributed by atoms with van der Waals surface area (Å²) in [5.74, 6) is -0.966. The highest BCUT2D eigenvalue weighted by Crippen LogP contribution is 2.27. The fraction of sp³-hybridized carbons (Fsp3) is 0.500. The molecule has 0 aliphatic rings. The molecule has 24 heavy (non-hydrogen) atoms. The molecule has 0 aliphatic carbocycles. The lowest BCUT2D eigenvalue weighted by atomic mass is 10.1. The quantitative estimate of drug-likeness (QED) is 0.347. The molecule has 8 heteroatoms. The van der Waals surface area contributed by atoms with Gasteiger partial charge in [0.25, 0.3) is 5.69 Å². The molecular formula is C16H21ClN2O5. The van der Waals surface area contributed by atoms with Gasteiger partial charge in [0.05, 0.1) is 4.92 Å². The van der Waals surface area contributed by atoms with Gasteiger partial charge in [-0.25, -0.2) is 0 Å². The number of amides is 1. The average molecular weight is 357 g/mol. The Hall–Kier alpha value is -2.15. The summed E-state index contributed by atoms with van der Waals surface area (Å²) < 4.78 is 0. The lowest BCUT2D eigenvalue weighted by molar-refractivity contribution is -0.384. The van der Waals surface area contributed by atoms with Gasteiger partial charge in [-0.05, 0) is 25.0 Å². The van der Waals surface area contributed by atoms with E-state index in [0.717, 1.165) is 32.1 Å². The van der Waals surface area contributed by atoms with Crippen molar-refractivity contribution in [2.24, 2.45) is 0 Å². The van der Waals surface area contributed by atoms with E-state index in [1.54, 1.807) is 0 Å². The van der Waals surface area contributed by atoms with Gasteiger partial charge in [-0.1, -0.05) is 37.3 Å². The van der Waals surface area contributed by atoms with Gasteiger partial charge in [0.1, 0.15) is 5.02 Å². The maximum atomic E-state index is 11.8. The smallest absolute Gasteiger partial charge is 0.303 e. The second kappa shape index (κ2) is 10.6. The summed E-state index contributed by atoms with van der Waals surface area (Å²) in [5, 5.41) is 22.0. The first-order valence-corrected chi connectivity index (χ1v) is 8.23. The van der Waals surface area contributed by atoms with Crippen LogP contribution >= 0.6 is 11.6 Å². The topological polar surface area (TPSA) is 110 Å². The fourth-order valence-electron chi connectivity index (χ4n) is 2.22. The van der Waals surface area contributed by atoms with E-state index in [0.29, 0.717) is 18.5 Å². The highest BCUT2D eigenvalue weighted by Gasteiger charge is 2.13. The molecule has 0 aliphatic heterocycles. The number of nitrogens with zero attached hydrogens (tertiary/aromatic N) is 1. The molecule has 0 bridgehead atoms. The van der Waals surface area contributed by atoms with Crippen LogP contribution in [0, 0.1) is 10.1 Å². The molecule has 1 rings (SSSR count). The number of carbonyl (C=O) groups is 2. The molecule has 0 saturated carbocycles. The molecule has 0 spiro atoms. The summed E-state index contributed by atoms with van der Waals surface area (Å²) in [6.45, 7) is 0. The number of aliphatic carboxylic acids is 1. The number of anilines is 1. The number of carboxylic acids is 1. The molecule has 2 N–H and O–H groups in total. The van der Waals surface area contributed by atoms with Gasteiger partial charge in [-0.2, -0.15) is 0 Å². The molecule has 0 atom stereocenters. The van der Waals surface area contributed by atoms with Crippen LogP contribution in [0.4, 0.5) is 11.4 Å². The van der Waals surface area contributed by atoms with E-state index in [1.807, 2.05) is 0 Å². The van der Waals surface area contributed by atoms with Crippen LogP contribution in [0.1, 0.15) is 51.4 Å². The molecule has 0 radical (unpaired) electrons. The zero-order chi connectivity index (χ0) is 17.9. The normalized spacial score (nSPS) is 10.4. The predicted octanol–water partition coefficient (Wildman–Crippen LogP) is 4.39. The SMILES string of the molecule is O=C(O)CCCCCCCCC(=O)Nc1ccc(Cl)c([N+](=O)[O-])c1. The van der Waals surface area contributed by atoms with Crippen LogP contribution in [0.3, 0.4) is 0 Å². The molecule has 1 aromatic carbocycles. The van der Waals surface area contributed by atoms with Crippen molar-refractivity contribution in [1.29, 1.82) is 0 Å². The van der Waals surface area contributed by atoms with Crippen molar-refractivity contribution in [3.05, 3.63) is 33.3 Å². The predicted molar refractivity (Wildman–Crippen MR) is 91.3 cm³/mol. The zero-order valence-corrected chi connectivity index (χ0v) is 14.1. The minimum absolute atomic E-state index is 0.0286. The number of hydrogen-bond acceptors (Lipinski definition) is 4. The van der Waals surface area contributed by atoms with Gasteiger partial charge in [-0.3, -0.25) is 19.7 Å². The monoisotopic (exact) mass is 356 g/mol. The molecule has 0 heterocycles. The molecule has 7 nitrogen and oxygen atoms in total. The Morgan fingerprint density at radius 2 is 1.67 bits per heavy atom. The molecule has 0 saturated heterocycles. The molecule has 1 aromatic rings. The van der Waals surface area contributed by atoms with Crippen LogP contribution in [0.5, 0.6) is 0 Å². The van der Waals surface area contributed by atoms with Gasteiger partial charge >= 0.3 is 5.97 Å². The van der Waals surface area contributed by atoms with E-state index in [4.69, 9.17) is 16.7 Å². The fourth-order valence-corrected chi connectivity index (χ4v) is 2.41. The second-order valence-corrected chi connectivity index (χ2v) is 5.89. The highest BCUT2D eigenvalue weighted by molar-refractivity contribution is 6.32. The van der Waals surface area contributed by atoms with Gasteiger partial charge in [0.15, 0.2) is 0 Å². The van der Waals surface area contributed by atoms with Gasteiger partial charge in [-0.15, -0.1) is 0 Å². The summed E-state index contributed by atoms with van der Waals surface area (Å²) >= 11 is 5.71. The number of nitro benzene ring substituents is 1. The maximum Gasteiger partial charge on any atom is 0.303 e. The average Bonchev–Trinajstić information content (AvgIpc) is 2.51. The van der Waals surface area contributed by atoms with Crippen molar-refractivity contribution >= 4 is 34.9 Å². The summed E-state index contributed by atoms with van der Waals surface area (Å²) in [6, 6.07) is 4.14. The lowest BCUT2D eigenvalue weighted by Crippen LogP contribution is -2.11. The van der Waals surface area contributed by atoms with Crippen LogP contribution in [-0.4, -0.2) is 21.9 Å². The van der Waals surface area contributed by atoms with Crippen molar-refractivity contribution in [2.45, 2.75) is 51.4 Å². The van der Waals surface area contributed by atoms with Crippen molar-refractivity contribution < 1.29 is 19.6 Å². The molecular weight excluding hydrogens is 336 g/mol. The first kappa shape index (κ1) is 19.9. The van der Waals surface area contributed by atoms with E-state index in [-0.39, 0.29) is 23.0 Å². The third kappa shape index (κ3) is 7.92. The third-order valence-electron chi connectivity index (χ3n) is 3.47. The molecule has 1 amide bonds. The highest BCUT2D eigenvalue weighted by atomic mass is 35.5. The van der Waals surface area contributed by atoms with E-state index in [2.05, 4.69) is 5.32 Å². The van der Waals surface area contributed by atoms with Crippen LogP contribution in [0.2, 0.25) is 5.02 Å². The minimum atomic E-state index is -0.769. The number of nitro groups is 1. The van der Waals surface area contributed by atoms with E-state index in [9.17, 15) is 19.7 Å². The third-order valence-corrected chi connectivity index (χ3v) is 3.79. The molecule has 0 aromatic heterocycles. The number of carbonyl (C=O) groups excluding carboxylic acids is 1. The summed E-state index contributed by atoms with van der Waals surface area (Å²) in [4.78, 5) is 32.4. The number of nitrogens with one attached hydrogen (secondary N) is 1. The number of carboxylic acid groups (broad SMARTS) is 1. The first-order chi connectivity index (χ1) is 11.4. The van der Waals surface area contributed by atoms with Crippen molar-refractivity contribution in [2.75, 3.05) is 5.32 Å². The Bertz CT molecular complexity index is 592.